The lowest BCUT2D eigenvalue weighted by Crippen LogP contribution is -2.70. The molecule has 0 radical (unpaired) electrons. The van der Waals surface area contributed by atoms with Crippen molar-refractivity contribution in [3.8, 4) is 12.0 Å². The van der Waals surface area contributed by atoms with E-state index >= 15 is 0 Å². The lowest BCUT2D eigenvalue weighted by Gasteiger charge is -2.40. The van der Waals surface area contributed by atoms with E-state index in [4.69, 9.17) is 67.1 Å². The van der Waals surface area contributed by atoms with Gasteiger partial charge in [0.2, 0.25) is 18.4 Å². The Morgan fingerprint density at radius 3 is 1.05 bits per heavy atom. The quantitative estimate of drug-likeness (QED) is 0.178. The summed E-state index contributed by atoms with van der Waals surface area (Å²) in [5, 5.41) is 0. The molecule has 0 amide bonds. The van der Waals surface area contributed by atoms with Crippen LogP contribution in [0.15, 0.2) is 0 Å². The third kappa shape index (κ3) is 13.7. The van der Waals surface area contributed by atoms with E-state index in [1.807, 2.05) is 39.3 Å². The maximum absolute atomic E-state index is 6.29. The summed E-state index contributed by atoms with van der Waals surface area (Å²) in [5.41, 5.74) is 0. The highest BCUT2D eigenvalue weighted by atomic mass is 28.6. The molecule has 22 heteroatoms. The monoisotopic (exact) mass is 686 g/mol. The van der Waals surface area contributed by atoms with Crippen molar-refractivity contribution in [1.82, 2.24) is 0 Å². The maximum Gasteiger partial charge on any atom is 0.727 e. The van der Waals surface area contributed by atoms with Crippen LogP contribution in [0.4, 0.5) is 0 Å². The van der Waals surface area contributed by atoms with Gasteiger partial charge in [0.05, 0.1) is 0 Å². The summed E-state index contributed by atoms with van der Waals surface area (Å²) in [4.78, 5) is 0. The summed E-state index contributed by atoms with van der Waals surface area (Å²) in [7, 11) is -15.8. The van der Waals surface area contributed by atoms with Gasteiger partial charge in [-0.05, 0) is 39.3 Å². The minimum Gasteiger partial charge on any atom is -0.496 e. The standard InChI is InChI=1S/C13H38O13Si9.2CH4/c1-14-32(15-2,21-29(8)9)24-35(20-28-7,23-31(12)13)26-33(16-3,17-4)25-34(18-5,19-27-6)22-30(10)11;;/h6-7,29-31H,1-5,8-13H3;2*1H4. The maximum atomic E-state index is 6.29. The van der Waals surface area contributed by atoms with E-state index in [0.29, 0.717) is 0 Å². The molecule has 0 aromatic heterocycles. The molecule has 0 bridgehead atoms. The van der Waals surface area contributed by atoms with Gasteiger partial charge in [-0.25, -0.2) is 0 Å². The molecule has 0 heterocycles. The van der Waals surface area contributed by atoms with Crippen LogP contribution in [0.3, 0.4) is 0 Å². The molecule has 0 aromatic carbocycles. The van der Waals surface area contributed by atoms with Crippen LogP contribution in [0.1, 0.15) is 14.9 Å². The average Bonchev–Trinajstić information content (AvgIpc) is 2.77. The highest BCUT2D eigenvalue weighted by Crippen LogP contribution is 2.29. The number of rotatable bonds is 19. The van der Waals surface area contributed by atoms with Crippen molar-refractivity contribution < 1.29 is 55.1 Å². The molecular weight excluding hydrogens is 641 g/mol. The fourth-order valence-electron chi connectivity index (χ4n) is 2.36. The lowest BCUT2D eigenvalue weighted by molar-refractivity contribution is -0.0221. The second-order valence-corrected chi connectivity index (χ2v) is 27.0. The highest BCUT2D eigenvalue weighted by Gasteiger charge is 2.69. The van der Waals surface area contributed by atoms with Gasteiger partial charge in [0, 0.05) is 35.5 Å². The molecule has 2 unspecified atom stereocenters. The van der Waals surface area contributed by atoms with Crippen LogP contribution >= 0.6 is 0 Å². The zero-order valence-electron chi connectivity index (χ0n) is 22.2. The van der Waals surface area contributed by atoms with Gasteiger partial charge in [-0.15, -0.1) is 12.0 Å². The third-order valence-electron chi connectivity index (χ3n) is 3.51. The van der Waals surface area contributed by atoms with Gasteiger partial charge in [-0.1, -0.05) is 14.9 Å². The lowest BCUT2D eigenvalue weighted by atomic mass is 11.8. The summed E-state index contributed by atoms with van der Waals surface area (Å²) in [6.45, 7) is 11.5. The number of hydrogen-bond donors (Lipinski definition) is 0. The Labute approximate surface area is 237 Å². The first-order valence-corrected chi connectivity index (χ1v) is 27.3. The zero-order valence-corrected chi connectivity index (χ0v) is 31.7. The van der Waals surface area contributed by atoms with E-state index in [1.54, 1.807) is 0 Å². The predicted octanol–water partition coefficient (Wildman–Crippen LogP) is 0.732. The first-order chi connectivity index (χ1) is 16.3. The van der Waals surface area contributed by atoms with Crippen LogP contribution in [0, 0.1) is 12.0 Å². The molecular formula is C15H46O13Si9. The van der Waals surface area contributed by atoms with E-state index in [1.165, 1.54) is 35.5 Å². The van der Waals surface area contributed by atoms with Crippen LogP contribution < -0.4 is 0 Å². The van der Waals surface area contributed by atoms with Crippen molar-refractivity contribution in [2.24, 2.45) is 0 Å². The van der Waals surface area contributed by atoms with Crippen LogP contribution in [0.5, 0.6) is 0 Å². The summed E-state index contributed by atoms with van der Waals surface area (Å²) in [6.07, 6.45) is 0. The van der Waals surface area contributed by atoms with Crippen LogP contribution in [0.25, 0.3) is 0 Å². The minimum absolute atomic E-state index is 0. The van der Waals surface area contributed by atoms with Crippen LogP contribution in [-0.4, -0.2) is 117 Å². The van der Waals surface area contributed by atoms with Crippen molar-refractivity contribution in [2.75, 3.05) is 35.5 Å². The Morgan fingerprint density at radius 1 is 0.459 bits per heavy atom. The van der Waals surface area contributed by atoms with E-state index in [2.05, 4.69) is 0 Å². The number of hydrogen-bond acceptors (Lipinski definition) is 13. The summed E-state index contributed by atoms with van der Waals surface area (Å²) >= 11 is 0. The SMILES string of the molecule is C.C.C#[Si]O[Si](OC)(O[SiH](C)C)O[Si](OC)(OC)O[Si](O[Si]#C)(O[SiH](C)C)O[Si](OC)(OC)O[SiH](C)C. The molecule has 0 aliphatic carbocycles. The largest absolute Gasteiger partial charge is 0.727 e. The van der Waals surface area contributed by atoms with Gasteiger partial charge in [-0.3, -0.25) is 0 Å². The molecule has 0 saturated heterocycles. The van der Waals surface area contributed by atoms with Gasteiger partial charge in [0.25, 0.3) is 0 Å². The Hall–Kier alpha value is 0.672. The Balaban J connectivity index is -0.00000578. The highest BCUT2D eigenvalue weighted by molar-refractivity contribution is 6.83. The molecule has 0 spiro atoms. The molecule has 13 nitrogen and oxygen atoms in total. The molecule has 2 atom stereocenters. The third-order valence-corrected chi connectivity index (χ3v) is 24.1. The van der Waals surface area contributed by atoms with Crippen LogP contribution in [-0.2, 0) is 55.1 Å². The van der Waals surface area contributed by atoms with Crippen molar-refractivity contribution in [3.05, 3.63) is 0 Å². The summed E-state index contributed by atoms with van der Waals surface area (Å²) in [5.74, 6) is 0. The van der Waals surface area contributed by atoms with Crippen LogP contribution in [0.2, 0.25) is 39.3 Å². The van der Waals surface area contributed by atoms with Gasteiger partial charge in [0.15, 0.2) is 27.1 Å². The molecule has 0 aliphatic heterocycles. The fourth-order valence-corrected chi connectivity index (χ4v) is 24.7. The van der Waals surface area contributed by atoms with Crippen molar-refractivity contribution in [1.29, 1.82) is 0 Å². The van der Waals surface area contributed by atoms with Gasteiger partial charge >= 0.3 is 36.2 Å². The molecule has 0 aliphatic rings. The summed E-state index contributed by atoms with van der Waals surface area (Å²) in [6, 6.07) is 11.5. The zero-order chi connectivity index (χ0) is 27.3. The summed E-state index contributed by atoms with van der Waals surface area (Å²) < 4.78 is 76.3. The molecule has 0 N–H and O–H groups in total. The first-order valence-electron chi connectivity index (χ1n) is 10.5. The van der Waals surface area contributed by atoms with E-state index in [9.17, 15) is 0 Å². The van der Waals surface area contributed by atoms with Gasteiger partial charge in [0.1, 0.15) is 0 Å². The predicted molar refractivity (Wildman–Crippen MR) is 158 cm³/mol. The van der Waals surface area contributed by atoms with Gasteiger partial charge in [-0.2, -0.15) is 0 Å². The second kappa shape index (κ2) is 19.7. The Bertz CT molecular complexity index is 700. The smallest absolute Gasteiger partial charge is 0.496 e. The second-order valence-electron chi connectivity index (χ2n) is 7.27. The Kier molecular flexibility index (Phi) is 22.4. The fraction of sp³-hybridized carbons (Fsp3) is 0.867. The topological polar surface area (TPSA) is 120 Å². The Morgan fingerprint density at radius 2 is 0.730 bits per heavy atom. The molecule has 0 fully saturated rings. The van der Waals surface area contributed by atoms with E-state index in [-0.39, 0.29) is 14.9 Å². The van der Waals surface area contributed by atoms with E-state index < -0.39 is 81.7 Å². The normalized spacial score (nSPS) is 15.1. The van der Waals surface area contributed by atoms with Crippen molar-refractivity contribution in [2.45, 2.75) is 54.1 Å². The molecule has 37 heavy (non-hydrogen) atoms. The molecule has 0 saturated carbocycles. The molecule has 0 rings (SSSR count). The van der Waals surface area contributed by atoms with Crippen molar-refractivity contribution in [3.63, 3.8) is 0 Å². The van der Waals surface area contributed by atoms with Crippen molar-refractivity contribution >= 4 is 81.7 Å². The van der Waals surface area contributed by atoms with E-state index in [0.717, 1.165) is 0 Å². The van der Waals surface area contributed by atoms with Gasteiger partial charge < -0.3 is 55.1 Å². The molecule has 220 valence electrons. The average molecular weight is 687 g/mol. The minimum atomic E-state index is -4.27. The first kappa shape index (κ1) is 42.1. The molecule has 0 aromatic rings.